The van der Waals surface area contributed by atoms with Crippen molar-refractivity contribution in [1.82, 2.24) is 10.2 Å². The summed E-state index contributed by atoms with van der Waals surface area (Å²) in [7, 11) is 3.39. The van der Waals surface area contributed by atoms with Gasteiger partial charge in [0.2, 0.25) is 0 Å². The first-order chi connectivity index (χ1) is 6.04. The molecule has 1 N–H and O–H groups in total. The number of nitrogens with one attached hydrogen (secondary N) is 1. The van der Waals surface area contributed by atoms with Gasteiger partial charge in [-0.25, -0.2) is 0 Å². The lowest BCUT2D eigenvalue weighted by Crippen LogP contribution is -2.21. The molecule has 0 aliphatic heterocycles. The van der Waals surface area contributed by atoms with E-state index in [2.05, 4.69) is 31.0 Å². The highest BCUT2D eigenvalue weighted by Gasteiger charge is 1.95. The van der Waals surface area contributed by atoms with E-state index >= 15 is 0 Å². The van der Waals surface area contributed by atoms with E-state index < -0.39 is 0 Å². The summed E-state index contributed by atoms with van der Waals surface area (Å²) in [5.74, 6) is 5.77. The predicted octanol–water partition coefficient (Wildman–Crippen LogP) is 0.324. The van der Waals surface area contributed by atoms with E-state index in [9.17, 15) is 4.79 Å². The number of carbonyl (C=O) groups excluding carboxylic acids is 1. The van der Waals surface area contributed by atoms with Crippen molar-refractivity contribution in [2.75, 3.05) is 27.2 Å². The van der Waals surface area contributed by atoms with E-state index in [1.807, 2.05) is 0 Å². The van der Waals surface area contributed by atoms with Gasteiger partial charge in [0.05, 0.1) is 6.54 Å². The molecule has 0 spiro atoms. The van der Waals surface area contributed by atoms with E-state index in [0.717, 1.165) is 6.54 Å². The molecule has 74 valence electrons. The Morgan fingerprint density at radius 3 is 2.54 bits per heavy atom. The molecule has 0 saturated heterocycles. The molecular weight excluding hydrogens is 164 g/mol. The van der Waals surface area contributed by atoms with Crippen LogP contribution in [0, 0.1) is 17.8 Å². The standard InChI is InChI=1S/C10H18N2O/c1-9(2)8-11-7-5-6-10(13)12(3)4/h9,11H,7-8H2,1-4H3. The van der Waals surface area contributed by atoms with Gasteiger partial charge in [-0.15, -0.1) is 0 Å². The van der Waals surface area contributed by atoms with E-state index in [4.69, 9.17) is 0 Å². The molecule has 0 bridgehead atoms. The normalized spacial score (nSPS) is 9.31. The molecule has 13 heavy (non-hydrogen) atoms. The van der Waals surface area contributed by atoms with Gasteiger partial charge in [-0.3, -0.25) is 4.79 Å². The van der Waals surface area contributed by atoms with Gasteiger partial charge in [0.1, 0.15) is 0 Å². The fraction of sp³-hybridized carbons (Fsp3) is 0.700. The fourth-order valence-electron chi connectivity index (χ4n) is 0.655. The van der Waals surface area contributed by atoms with Crippen LogP contribution in [0.4, 0.5) is 0 Å². The van der Waals surface area contributed by atoms with Gasteiger partial charge in [-0.1, -0.05) is 19.8 Å². The van der Waals surface area contributed by atoms with Gasteiger partial charge in [0.25, 0.3) is 5.91 Å². The summed E-state index contributed by atoms with van der Waals surface area (Å²) in [6.07, 6.45) is 0. The lowest BCUT2D eigenvalue weighted by Gasteiger charge is -2.03. The van der Waals surface area contributed by atoms with Crippen molar-refractivity contribution in [3.63, 3.8) is 0 Å². The molecule has 0 radical (unpaired) electrons. The van der Waals surface area contributed by atoms with Gasteiger partial charge in [-0.2, -0.15) is 0 Å². The second-order valence-corrected chi connectivity index (χ2v) is 3.53. The largest absolute Gasteiger partial charge is 0.338 e. The van der Waals surface area contributed by atoms with E-state index in [1.165, 1.54) is 4.90 Å². The second-order valence-electron chi connectivity index (χ2n) is 3.53. The number of carbonyl (C=O) groups is 1. The monoisotopic (exact) mass is 182 g/mol. The molecule has 0 aromatic heterocycles. The third kappa shape index (κ3) is 7.35. The van der Waals surface area contributed by atoms with Gasteiger partial charge in [0.15, 0.2) is 0 Å². The van der Waals surface area contributed by atoms with Crippen molar-refractivity contribution in [3.8, 4) is 11.8 Å². The zero-order valence-corrected chi connectivity index (χ0v) is 8.85. The molecule has 0 unspecified atom stereocenters. The Morgan fingerprint density at radius 1 is 1.46 bits per heavy atom. The third-order valence-electron chi connectivity index (χ3n) is 1.37. The molecule has 0 heterocycles. The van der Waals surface area contributed by atoms with Crippen molar-refractivity contribution in [1.29, 1.82) is 0 Å². The van der Waals surface area contributed by atoms with Crippen molar-refractivity contribution < 1.29 is 4.79 Å². The van der Waals surface area contributed by atoms with Crippen LogP contribution in [0.1, 0.15) is 13.8 Å². The summed E-state index contributed by atoms with van der Waals surface area (Å²) in [5.41, 5.74) is 0. The average molecular weight is 182 g/mol. The van der Waals surface area contributed by atoms with Crippen LogP contribution >= 0.6 is 0 Å². The van der Waals surface area contributed by atoms with Crippen LogP contribution in [-0.2, 0) is 4.79 Å². The Bertz CT molecular complexity index is 211. The van der Waals surface area contributed by atoms with Crippen LogP contribution < -0.4 is 5.32 Å². The highest BCUT2D eigenvalue weighted by atomic mass is 16.2. The number of amides is 1. The summed E-state index contributed by atoms with van der Waals surface area (Å²) in [6, 6.07) is 0. The summed E-state index contributed by atoms with van der Waals surface area (Å²) < 4.78 is 0. The minimum absolute atomic E-state index is 0.147. The van der Waals surface area contributed by atoms with E-state index in [0.29, 0.717) is 12.5 Å². The predicted molar refractivity (Wildman–Crippen MR) is 54.2 cm³/mol. The molecule has 0 rings (SSSR count). The Labute approximate surface area is 80.5 Å². The van der Waals surface area contributed by atoms with Gasteiger partial charge in [0, 0.05) is 14.1 Å². The summed E-state index contributed by atoms with van der Waals surface area (Å²) in [6.45, 7) is 5.78. The zero-order valence-electron chi connectivity index (χ0n) is 8.85. The molecular formula is C10H18N2O. The summed E-state index contributed by atoms with van der Waals surface area (Å²) in [4.78, 5) is 12.4. The molecule has 0 saturated carbocycles. The maximum absolute atomic E-state index is 11.0. The SMILES string of the molecule is CC(C)CNCC#CC(=O)N(C)C. The molecule has 0 fully saturated rings. The molecule has 0 aliphatic rings. The molecule has 3 heteroatoms. The third-order valence-corrected chi connectivity index (χ3v) is 1.37. The maximum Gasteiger partial charge on any atom is 0.297 e. The second kappa shape index (κ2) is 6.50. The molecule has 0 atom stereocenters. The Kier molecular flexibility index (Phi) is 5.99. The summed E-state index contributed by atoms with van der Waals surface area (Å²) in [5, 5.41) is 3.13. The molecule has 0 aromatic rings. The number of nitrogens with zero attached hydrogens (tertiary/aromatic N) is 1. The lowest BCUT2D eigenvalue weighted by molar-refractivity contribution is -0.122. The van der Waals surface area contributed by atoms with Crippen molar-refractivity contribution in [2.45, 2.75) is 13.8 Å². The molecule has 0 aliphatic carbocycles. The first-order valence-corrected chi connectivity index (χ1v) is 4.45. The summed E-state index contributed by atoms with van der Waals surface area (Å²) >= 11 is 0. The number of hydrogen-bond donors (Lipinski definition) is 1. The minimum atomic E-state index is -0.147. The first-order valence-electron chi connectivity index (χ1n) is 4.45. The van der Waals surface area contributed by atoms with Crippen LogP contribution in [0.5, 0.6) is 0 Å². The minimum Gasteiger partial charge on any atom is -0.338 e. The van der Waals surface area contributed by atoms with Crippen LogP contribution in [-0.4, -0.2) is 38.0 Å². The fourth-order valence-corrected chi connectivity index (χ4v) is 0.655. The lowest BCUT2D eigenvalue weighted by atomic mass is 10.2. The smallest absolute Gasteiger partial charge is 0.297 e. The number of rotatable bonds is 3. The Balaban J connectivity index is 3.56. The Morgan fingerprint density at radius 2 is 2.08 bits per heavy atom. The van der Waals surface area contributed by atoms with Crippen LogP contribution in [0.15, 0.2) is 0 Å². The first kappa shape index (κ1) is 12.0. The quantitative estimate of drug-likeness (QED) is 0.504. The van der Waals surface area contributed by atoms with Gasteiger partial charge in [-0.05, 0) is 18.4 Å². The van der Waals surface area contributed by atoms with E-state index in [1.54, 1.807) is 14.1 Å². The van der Waals surface area contributed by atoms with Crippen LogP contribution in [0.3, 0.4) is 0 Å². The van der Waals surface area contributed by atoms with Crippen molar-refractivity contribution in [3.05, 3.63) is 0 Å². The zero-order chi connectivity index (χ0) is 10.3. The number of hydrogen-bond acceptors (Lipinski definition) is 2. The van der Waals surface area contributed by atoms with Gasteiger partial charge < -0.3 is 10.2 Å². The van der Waals surface area contributed by atoms with Crippen molar-refractivity contribution >= 4 is 5.91 Å². The average Bonchev–Trinajstić information content (AvgIpc) is 2.02. The highest BCUT2D eigenvalue weighted by molar-refractivity contribution is 5.93. The molecule has 0 aromatic carbocycles. The van der Waals surface area contributed by atoms with Crippen LogP contribution in [0.2, 0.25) is 0 Å². The maximum atomic E-state index is 11.0. The van der Waals surface area contributed by atoms with Gasteiger partial charge >= 0.3 is 0 Å². The topological polar surface area (TPSA) is 32.3 Å². The Hall–Kier alpha value is -1.01. The van der Waals surface area contributed by atoms with E-state index in [-0.39, 0.29) is 5.91 Å². The highest BCUT2D eigenvalue weighted by Crippen LogP contribution is 1.85. The van der Waals surface area contributed by atoms with Crippen molar-refractivity contribution in [2.24, 2.45) is 5.92 Å². The van der Waals surface area contributed by atoms with Crippen LogP contribution in [0.25, 0.3) is 0 Å². The molecule has 3 nitrogen and oxygen atoms in total. The molecule has 1 amide bonds.